The number of rotatable bonds is 7. The molecule has 1 fully saturated rings. The molecule has 2 atom stereocenters. The summed E-state index contributed by atoms with van der Waals surface area (Å²) < 4.78 is 46.2. The summed E-state index contributed by atoms with van der Waals surface area (Å²) in [6.45, 7) is 4.46. The number of sulfonamides is 1. The zero-order chi connectivity index (χ0) is 17.7. The number of nitrogens with one attached hydrogen (secondary N) is 2. The number of carbonyl (C=O) groups is 1. The van der Waals surface area contributed by atoms with Crippen molar-refractivity contribution in [3.8, 4) is 0 Å². The molecular formula is C16H23FN2O4S. The van der Waals surface area contributed by atoms with Crippen molar-refractivity contribution < 1.29 is 22.3 Å². The van der Waals surface area contributed by atoms with Crippen LogP contribution in [-0.2, 0) is 19.6 Å². The lowest BCUT2D eigenvalue weighted by Gasteiger charge is -2.22. The Bertz CT molecular complexity index is 672. The van der Waals surface area contributed by atoms with Crippen LogP contribution in [0, 0.1) is 11.7 Å². The Balaban J connectivity index is 2.07. The molecule has 24 heavy (non-hydrogen) atoms. The van der Waals surface area contributed by atoms with E-state index in [1.54, 1.807) is 13.8 Å². The summed E-state index contributed by atoms with van der Waals surface area (Å²) in [6.07, 6.45) is 1.78. The summed E-state index contributed by atoms with van der Waals surface area (Å²) in [5.74, 6) is -1.59. The molecule has 1 aromatic carbocycles. The minimum absolute atomic E-state index is 0.0371. The summed E-state index contributed by atoms with van der Waals surface area (Å²) in [5.41, 5.74) is 0. The van der Waals surface area contributed by atoms with Crippen LogP contribution in [-0.4, -0.2) is 39.6 Å². The highest BCUT2D eigenvalue weighted by molar-refractivity contribution is 7.89. The van der Waals surface area contributed by atoms with E-state index in [0.29, 0.717) is 13.2 Å². The van der Waals surface area contributed by atoms with Crippen molar-refractivity contribution >= 4 is 15.9 Å². The van der Waals surface area contributed by atoms with Gasteiger partial charge in [0.2, 0.25) is 15.9 Å². The fraction of sp³-hybridized carbons (Fsp3) is 0.562. The third-order valence-corrected chi connectivity index (χ3v) is 5.36. The van der Waals surface area contributed by atoms with Crippen LogP contribution in [0.1, 0.15) is 26.7 Å². The zero-order valence-electron chi connectivity index (χ0n) is 13.8. The van der Waals surface area contributed by atoms with E-state index in [4.69, 9.17) is 4.74 Å². The Morgan fingerprint density at radius 2 is 2.08 bits per heavy atom. The van der Waals surface area contributed by atoms with Crippen LogP contribution in [0.15, 0.2) is 29.2 Å². The van der Waals surface area contributed by atoms with Crippen molar-refractivity contribution in [2.24, 2.45) is 5.92 Å². The zero-order valence-corrected chi connectivity index (χ0v) is 14.6. The van der Waals surface area contributed by atoms with Gasteiger partial charge in [0.25, 0.3) is 0 Å². The fourth-order valence-electron chi connectivity index (χ4n) is 2.52. The van der Waals surface area contributed by atoms with Gasteiger partial charge in [-0.15, -0.1) is 0 Å². The summed E-state index contributed by atoms with van der Waals surface area (Å²) >= 11 is 0. The molecule has 2 N–H and O–H groups in total. The van der Waals surface area contributed by atoms with Crippen LogP contribution < -0.4 is 10.0 Å². The molecule has 0 saturated carbocycles. The SMILES string of the molecule is CC(C)C(NS(=O)(=O)c1ccccc1F)C(=O)NCC1CCCO1. The lowest BCUT2D eigenvalue weighted by molar-refractivity contribution is -0.124. The molecule has 1 saturated heterocycles. The third-order valence-electron chi connectivity index (χ3n) is 3.89. The van der Waals surface area contributed by atoms with Crippen molar-refractivity contribution in [3.63, 3.8) is 0 Å². The van der Waals surface area contributed by atoms with E-state index in [1.807, 2.05) is 0 Å². The number of carbonyl (C=O) groups excluding carboxylic acids is 1. The van der Waals surface area contributed by atoms with Gasteiger partial charge in [0, 0.05) is 13.2 Å². The number of ether oxygens (including phenoxy) is 1. The molecule has 1 heterocycles. The van der Waals surface area contributed by atoms with Crippen molar-refractivity contribution in [2.45, 2.75) is 43.7 Å². The van der Waals surface area contributed by atoms with Crippen LogP contribution in [0.5, 0.6) is 0 Å². The minimum atomic E-state index is -4.13. The van der Waals surface area contributed by atoms with E-state index in [1.165, 1.54) is 18.2 Å². The fourth-order valence-corrected chi connectivity index (χ4v) is 3.94. The predicted molar refractivity (Wildman–Crippen MR) is 87.3 cm³/mol. The van der Waals surface area contributed by atoms with Gasteiger partial charge in [0.05, 0.1) is 6.10 Å². The van der Waals surface area contributed by atoms with Crippen LogP contribution in [0.4, 0.5) is 4.39 Å². The van der Waals surface area contributed by atoms with Gasteiger partial charge in [0.15, 0.2) is 0 Å². The highest BCUT2D eigenvalue weighted by atomic mass is 32.2. The number of benzene rings is 1. The van der Waals surface area contributed by atoms with Crippen molar-refractivity contribution in [1.82, 2.24) is 10.0 Å². The first-order chi connectivity index (χ1) is 11.3. The van der Waals surface area contributed by atoms with Crippen molar-refractivity contribution in [3.05, 3.63) is 30.1 Å². The van der Waals surface area contributed by atoms with Crippen LogP contribution in [0.3, 0.4) is 0 Å². The molecule has 1 aliphatic heterocycles. The maximum atomic E-state index is 13.8. The van der Waals surface area contributed by atoms with E-state index >= 15 is 0 Å². The Hall–Kier alpha value is -1.51. The summed E-state index contributed by atoms with van der Waals surface area (Å²) in [5, 5.41) is 2.71. The van der Waals surface area contributed by atoms with Crippen LogP contribution >= 0.6 is 0 Å². The Labute approximate surface area is 141 Å². The molecule has 1 amide bonds. The van der Waals surface area contributed by atoms with Gasteiger partial charge in [-0.3, -0.25) is 4.79 Å². The van der Waals surface area contributed by atoms with E-state index in [-0.39, 0.29) is 12.0 Å². The van der Waals surface area contributed by atoms with Gasteiger partial charge >= 0.3 is 0 Å². The molecule has 0 bridgehead atoms. The average Bonchev–Trinajstić information content (AvgIpc) is 3.04. The van der Waals surface area contributed by atoms with Gasteiger partial charge < -0.3 is 10.1 Å². The second-order valence-corrected chi connectivity index (χ2v) is 7.84. The van der Waals surface area contributed by atoms with Crippen molar-refractivity contribution in [2.75, 3.05) is 13.2 Å². The molecule has 0 spiro atoms. The largest absolute Gasteiger partial charge is 0.376 e. The first-order valence-electron chi connectivity index (χ1n) is 7.97. The highest BCUT2D eigenvalue weighted by Gasteiger charge is 2.30. The first kappa shape index (κ1) is 18.8. The normalized spacial score (nSPS) is 19.4. The molecule has 2 unspecified atom stereocenters. The Morgan fingerprint density at radius 1 is 1.38 bits per heavy atom. The Morgan fingerprint density at radius 3 is 2.67 bits per heavy atom. The molecular weight excluding hydrogens is 335 g/mol. The van der Waals surface area contributed by atoms with Crippen molar-refractivity contribution in [1.29, 1.82) is 0 Å². The minimum Gasteiger partial charge on any atom is -0.376 e. The van der Waals surface area contributed by atoms with Gasteiger partial charge in [-0.2, -0.15) is 4.72 Å². The van der Waals surface area contributed by atoms with Gasteiger partial charge in [-0.1, -0.05) is 26.0 Å². The quantitative estimate of drug-likeness (QED) is 0.772. The maximum Gasteiger partial charge on any atom is 0.244 e. The maximum absolute atomic E-state index is 13.8. The smallest absolute Gasteiger partial charge is 0.244 e. The first-order valence-corrected chi connectivity index (χ1v) is 9.46. The van der Waals surface area contributed by atoms with Gasteiger partial charge in [0.1, 0.15) is 16.8 Å². The summed E-state index contributed by atoms with van der Waals surface area (Å²) in [4.78, 5) is 11.9. The van der Waals surface area contributed by atoms with E-state index in [2.05, 4.69) is 10.0 Å². The predicted octanol–water partition coefficient (Wildman–Crippen LogP) is 1.42. The highest BCUT2D eigenvalue weighted by Crippen LogP contribution is 2.16. The molecule has 6 nitrogen and oxygen atoms in total. The number of amides is 1. The molecule has 0 aliphatic carbocycles. The summed E-state index contributed by atoms with van der Waals surface area (Å²) in [7, 11) is -4.13. The molecule has 1 aromatic rings. The summed E-state index contributed by atoms with van der Waals surface area (Å²) in [6, 6.07) is 4.08. The Kier molecular flexibility index (Phi) is 6.31. The average molecular weight is 358 g/mol. The molecule has 134 valence electrons. The number of halogens is 1. The monoisotopic (exact) mass is 358 g/mol. The van der Waals surface area contributed by atoms with Crippen LogP contribution in [0.25, 0.3) is 0 Å². The van der Waals surface area contributed by atoms with Gasteiger partial charge in [-0.25, -0.2) is 12.8 Å². The molecule has 0 aromatic heterocycles. The number of hydrogen-bond acceptors (Lipinski definition) is 4. The van der Waals surface area contributed by atoms with Crippen LogP contribution in [0.2, 0.25) is 0 Å². The van der Waals surface area contributed by atoms with E-state index in [0.717, 1.165) is 18.9 Å². The number of hydrogen-bond donors (Lipinski definition) is 2. The van der Waals surface area contributed by atoms with E-state index in [9.17, 15) is 17.6 Å². The molecule has 8 heteroatoms. The van der Waals surface area contributed by atoms with Gasteiger partial charge in [-0.05, 0) is 30.9 Å². The standard InChI is InChI=1S/C16H23FN2O4S/c1-11(2)15(16(20)18-10-12-6-5-9-23-12)19-24(21,22)14-8-4-3-7-13(14)17/h3-4,7-8,11-12,15,19H,5-6,9-10H2,1-2H3,(H,18,20). The topological polar surface area (TPSA) is 84.5 Å². The van der Waals surface area contributed by atoms with E-state index < -0.39 is 32.7 Å². The second-order valence-electron chi connectivity index (χ2n) is 6.15. The molecule has 1 aliphatic rings. The lowest BCUT2D eigenvalue weighted by Crippen LogP contribution is -2.50. The lowest BCUT2D eigenvalue weighted by atomic mass is 10.0. The molecule has 0 radical (unpaired) electrons. The molecule has 2 rings (SSSR count). The second kappa shape index (κ2) is 8.04. The third kappa shape index (κ3) is 4.75.